The fourth-order valence-corrected chi connectivity index (χ4v) is 4.31. The molecule has 0 saturated carbocycles. The summed E-state index contributed by atoms with van der Waals surface area (Å²) in [6, 6.07) is 15.1. The minimum atomic E-state index is -4.70. The quantitative estimate of drug-likeness (QED) is 0.155. The molecule has 0 aliphatic heterocycles. The van der Waals surface area contributed by atoms with Crippen LogP contribution in [0, 0.1) is 5.41 Å². The van der Waals surface area contributed by atoms with Crippen LogP contribution in [0.2, 0.25) is 5.02 Å². The van der Waals surface area contributed by atoms with Gasteiger partial charge in [-0.15, -0.1) is 0 Å². The molecule has 0 unspecified atom stereocenters. The molecule has 0 aliphatic rings. The largest absolute Gasteiger partial charge is 0.487 e. The van der Waals surface area contributed by atoms with Gasteiger partial charge in [0.2, 0.25) is 0 Å². The van der Waals surface area contributed by atoms with Crippen molar-refractivity contribution in [3.05, 3.63) is 92.4 Å². The van der Waals surface area contributed by atoms with Crippen LogP contribution in [0.1, 0.15) is 52.1 Å². The Morgan fingerprint density at radius 1 is 0.929 bits per heavy atom. The molecule has 12 heteroatoms. The maximum Gasteiger partial charge on any atom is 0.400 e. The van der Waals surface area contributed by atoms with Crippen molar-refractivity contribution in [3.8, 4) is 5.75 Å². The van der Waals surface area contributed by atoms with Gasteiger partial charge in [0.05, 0.1) is 10.6 Å². The molecule has 1 amide bonds. The average Bonchev–Trinajstić information content (AvgIpc) is 2.92. The smallest absolute Gasteiger partial charge is 0.400 e. The summed E-state index contributed by atoms with van der Waals surface area (Å²) in [5.41, 5.74) is -1.27. The number of aryl methyl sites for hydroxylation is 1. The molecule has 1 N–H and O–H groups in total. The number of halogens is 7. The molecule has 5 nitrogen and oxygen atoms in total. The number of ketones is 2. The molecule has 0 fully saturated rings. The second kappa shape index (κ2) is 13.8. The Labute approximate surface area is 252 Å². The summed E-state index contributed by atoms with van der Waals surface area (Å²) < 4.78 is 71.1. The number of anilines is 1. The maximum atomic E-state index is 13.2. The summed E-state index contributed by atoms with van der Waals surface area (Å²) in [5.74, 6) is -2.21. The lowest BCUT2D eigenvalue weighted by Crippen LogP contribution is -2.39. The van der Waals surface area contributed by atoms with E-state index in [1.54, 1.807) is 24.3 Å². The zero-order valence-electron chi connectivity index (χ0n) is 22.5. The number of hydrogen-bond acceptors (Lipinski definition) is 4. The number of alkyl halides is 5. The second-order valence-electron chi connectivity index (χ2n) is 9.95. The average molecular weight is 675 g/mol. The van der Waals surface area contributed by atoms with Gasteiger partial charge in [0.15, 0.2) is 5.78 Å². The Bertz CT molecular complexity index is 1460. The predicted octanol–water partition coefficient (Wildman–Crippen LogP) is 8.51. The summed E-state index contributed by atoms with van der Waals surface area (Å²) in [5, 5.41) is 2.75. The second-order valence-corrected chi connectivity index (χ2v) is 11.3. The molecule has 224 valence electrons. The first-order chi connectivity index (χ1) is 19.6. The first-order valence-corrected chi connectivity index (χ1v) is 13.8. The molecule has 0 bridgehead atoms. The summed E-state index contributed by atoms with van der Waals surface area (Å²) in [6.07, 6.45) is -8.14. The van der Waals surface area contributed by atoms with E-state index < -0.39 is 48.5 Å². The van der Waals surface area contributed by atoms with Crippen molar-refractivity contribution in [1.29, 1.82) is 0 Å². The van der Waals surface area contributed by atoms with Crippen molar-refractivity contribution in [2.24, 2.45) is 5.41 Å². The molecule has 3 aromatic rings. The molecule has 3 aromatic carbocycles. The number of carbonyl (C=O) groups excluding carboxylic acids is 3. The summed E-state index contributed by atoms with van der Waals surface area (Å²) in [4.78, 5) is 38.5. The van der Waals surface area contributed by atoms with E-state index in [0.717, 1.165) is 18.3 Å². The van der Waals surface area contributed by atoms with Crippen molar-refractivity contribution >= 4 is 50.7 Å². The number of amides is 1. The zero-order chi connectivity index (χ0) is 31.2. The van der Waals surface area contributed by atoms with E-state index >= 15 is 0 Å². The molecule has 0 heterocycles. The lowest BCUT2D eigenvalue weighted by molar-refractivity contribution is -0.210. The highest BCUT2D eigenvalue weighted by atomic mass is 79.9. The third kappa shape index (κ3) is 8.61. The summed E-state index contributed by atoms with van der Waals surface area (Å²) >= 11 is 9.53. The van der Waals surface area contributed by atoms with Gasteiger partial charge in [-0.3, -0.25) is 14.4 Å². The van der Waals surface area contributed by atoms with Crippen LogP contribution in [0.3, 0.4) is 0 Å². The van der Waals surface area contributed by atoms with Crippen LogP contribution in [0.4, 0.5) is 27.6 Å². The highest BCUT2D eigenvalue weighted by Gasteiger charge is 2.51. The molecule has 3 rings (SSSR count). The molecule has 42 heavy (non-hydrogen) atoms. The number of ether oxygens (including phenoxy) is 1. The SMILES string of the molecule is CC(C)(C(=O)CCc1ccc(Cl)c(C(=O)Cc2ccc(OCC(F)F)c(C(=O)Nc3ccc(Br)cc3)c2)c1)C(F)(F)F. The van der Waals surface area contributed by atoms with Crippen molar-refractivity contribution in [3.63, 3.8) is 0 Å². The van der Waals surface area contributed by atoms with E-state index in [2.05, 4.69) is 21.2 Å². The Hall–Kier alpha value is -3.31. The topological polar surface area (TPSA) is 72.5 Å². The predicted molar refractivity (Wildman–Crippen MR) is 153 cm³/mol. The minimum absolute atomic E-state index is 0.0354. The number of hydrogen-bond donors (Lipinski definition) is 1. The molecule has 0 atom stereocenters. The van der Waals surface area contributed by atoms with Crippen LogP contribution in [-0.4, -0.2) is 36.7 Å². The lowest BCUT2D eigenvalue weighted by atomic mass is 9.84. The summed E-state index contributed by atoms with van der Waals surface area (Å²) in [7, 11) is 0. The highest BCUT2D eigenvalue weighted by Crippen LogP contribution is 2.39. The van der Waals surface area contributed by atoms with E-state index in [4.69, 9.17) is 16.3 Å². The maximum absolute atomic E-state index is 13.2. The van der Waals surface area contributed by atoms with Crippen LogP contribution in [0.5, 0.6) is 5.75 Å². The lowest BCUT2D eigenvalue weighted by Gasteiger charge is -2.26. The monoisotopic (exact) mass is 673 g/mol. The zero-order valence-corrected chi connectivity index (χ0v) is 24.8. The summed E-state index contributed by atoms with van der Waals surface area (Å²) in [6.45, 7) is 0.703. The van der Waals surface area contributed by atoms with Gasteiger partial charge in [-0.25, -0.2) is 8.78 Å². The van der Waals surface area contributed by atoms with Gasteiger partial charge in [0, 0.05) is 28.6 Å². The molecular weight excluding hydrogens is 649 g/mol. The Balaban J connectivity index is 1.81. The first kappa shape index (κ1) is 33.2. The molecule has 0 spiro atoms. The number of carbonyl (C=O) groups is 3. The molecule has 0 aromatic heterocycles. The van der Waals surface area contributed by atoms with Crippen LogP contribution in [0.15, 0.2) is 65.1 Å². The fourth-order valence-electron chi connectivity index (χ4n) is 3.83. The van der Waals surface area contributed by atoms with Crippen LogP contribution < -0.4 is 10.1 Å². The van der Waals surface area contributed by atoms with Crippen molar-refractivity contribution in [2.75, 3.05) is 11.9 Å². The van der Waals surface area contributed by atoms with Crippen LogP contribution in [0.25, 0.3) is 0 Å². The van der Waals surface area contributed by atoms with Gasteiger partial charge in [-0.05, 0) is 79.9 Å². The Morgan fingerprint density at radius 3 is 2.17 bits per heavy atom. The van der Waals surface area contributed by atoms with Gasteiger partial charge < -0.3 is 10.1 Å². The van der Waals surface area contributed by atoms with Gasteiger partial charge in [-0.1, -0.05) is 39.7 Å². The van der Waals surface area contributed by atoms with E-state index in [0.29, 0.717) is 16.8 Å². The standard InChI is InChI=1S/C30H26BrClF5NO4/c1-29(2,30(35,36)37)26(40)12-5-17-3-10-23(32)21(13-17)24(39)15-18-4-11-25(42-16-27(33)34)22(14-18)28(41)38-20-8-6-19(31)7-9-20/h3-4,6-11,13-14,27H,5,12,15-16H2,1-2H3,(H,38,41). The van der Waals surface area contributed by atoms with Gasteiger partial charge in [-0.2, -0.15) is 13.2 Å². The van der Waals surface area contributed by atoms with Gasteiger partial charge in [0.1, 0.15) is 23.6 Å². The van der Waals surface area contributed by atoms with E-state index in [1.807, 2.05) is 0 Å². The fraction of sp³-hybridized carbons (Fsp3) is 0.300. The van der Waals surface area contributed by atoms with Crippen LogP contribution in [-0.2, 0) is 17.6 Å². The number of Topliss-reactive ketones (excluding diaryl/α,β-unsaturated/α-hetero) is 2. The third-order valence-electron chi connectivity index (χ3n) is 6.50. The Kier molecular flexibility index (Phi) is 10.9. The third-order valence-corrected chi connectivity index (χ3v) is 7.36. The first-order valence-electron chi connectivity index (χ1n) is 12.6. The van der Waals surface area contributed by atoms with Crippen molar-refractivity contribution < 1.29 is 41.1 Å². The van der Waals surface area contributed by atoms with E-state index in [1.165, 1.54) is 36.4 Å². The van der Waals surface area contributed by atoms with Gasteiger partial charge in [0.25, 0.3) is 12.3 Å². The molecule has 0 saturated heterocycles. The van der Waals surface area contributed by atoms with Gasteiger partial charge >= 0.3 is 6.18 Å². The molecular formula is C30H26BrClF5NO4. The van der Waals surface area contributed by atoms with Crippen LogP contribution >= 0.6 is 27.5 Å². The number of benzene rings is 3. The number of rotatable bonds is 12. The van der Waals surface area contributed by atoms with E-state index in [-0.39, 0.29) is 34.7 Å². The normalized spacial score (nSPS) is 11.9. The highest BCUT2D eigenvalue weighted by molar-refractivity contribution is 9.10. The van der Waals surface area contributed by atoms with E-state index in [9.17, 15) is 36.3 Å². The van der Waals surface area contributed by atoms with Crippen molar-refractivity contribution in [2.45, 2.75) is 45.7 Å². The number of nitrogens with one attached hydrogen (secondary N) is 1. The molecule has 0 aliphatic carbocycles. The minimum Gasteiger partial charge on any atom is -0.487 e. The Morgan fingerprint density at radius 2 is 1.55 bits per heavy atom. The molecule has 0 radical (unpaired) electrons. The van der Waals surface area contributed by atoms with Crippen molar-refractivity contribution in [1.82, 2.24) is 0 Å².